The number of aliphatic hydroxyl groups excluding tert-OH is 1. The average Bonchev–Trinajstić information content (AvgIpc) is 3.10. The Labute approximate surface area is 161 Å². The Bertz CT molecular complexity index is 636. The highest BCUT2D eigenvalue weighted by Gasteiger charge is 2.24. The van der Waals surface area contributed by atoms with E-state index in [0.29, 0.717) is 12.0 Å². The highest BCUT2D eigenvalue weighted by Crippen LogP contribution is 2.36. The SMILES string of the molecule is Cl.Cl.NC[C@H]1CCC[C@@H](n2ccnc2-c2ccccc2OCCO)C1. The van der Waals surface area contributed by atoms with Crippen molar-refractivity contribution < 1.29 is 9.84 Å². The number of hydrogen-bond donors (Lipinski definition) is 2. The molecule has 1 aromatic carbocycles. The molecule has 3 N–H and O–H groups in total. The van der Waals surface area contributed by atoms with E-state index in [-0.39, 0.29) is 38.0 Å². The van der Waals surface area contributed by atoms with E-state index in [0.717, 1.165) is 30.1 Å². The predicted molar refractivity (Wildman–Crippen MR) is 105 cm³/mol. The third-order valence-corrected chi connectivity index (χ3v) is 4.63. The summed E-state index contributed by atoms with van der Waals surface area (Å²) >= 11 is 0. The van der Waals surface area contributed by atoms with Crippen LogP contribution in [0.5, 0.6) is 5.75 Å². The van der Waals surface area contributed by atoms with Gasteiger partial charge in [0.25, 0.3) is 0 Å². The lowest BCUT2D eigenvalue weighted by Crippen LogP contribution is -2.24. The molecule has 25 heavy (non-hydrogen) atoms. The van der Waals surface area contributed by atoms with Gasteiger partial charge in [-0.15, -0.1) is 24.8 Å². The van der Waals surface area contributed by atoms with Crippen LogP contribution in [0.1, 0.15) is 31.7 Å². The monoisotopic (exact) mass is 387 g/mol. The normalized spacial score (nSPS) is 19.6. The largest absolute Gasteiger partial charge is 0.490 e. The van der Waals surface area contributed by atoms with Gasteiger partial charge < -0.3 is 20.1 Å². The average molecular weight is 388 g/mol. The van der Waals surface area contributed by atoms with Gasteiger partial charge in [0.1, 0.15) is 18.2 Å². The number of nitrogens with two attached hydrogens (primary N) is 1. The number of aromatic nitrogens is 2. The third-order valence-electron chi connectivity index (χ3n) is 4.63. The van der Waals surface area contributed by atoms with Gasteiger partial charge in [0.05, 0.1) is 12.2 Å². The standard InChI is InChI=1S/C18H25N3O2.2ClH/c19-13-14-4-3-5-15(12-14)21-9-8-20-18(21)16-6-1-2-7-17(16)23-11-10-22;;/h1-2,6-9,14-15,22H,3-5,10-13,19H2;2*1H/t14-,15+;;/m0../s1. The highest BCUT2D eigenvalue weighted by atomic mass is 35.5. The van der Waals surface area contributed by atoms with Gasteiger partial charge in [0.15, 0.2) is 0 Å². The van der Waals surface area contributed by atoms with Crippen LogP contribution in [0.25, 0.3) is 11.4 Å². The summed E-state index contributed by atoms with van der Waals surface area (Å²) in [6, 6.07) is 8.32. The molecular weight excluding hydrogens is 361 g/mol. The van der Waals surface area contributed by atoms with Crippen LogP contribution in [0.3, 0.4) is 0 Å². The minimum absolute atomic E-state index is 0. The van der Waals surface area contributed by atoms with Crippen molar-refractivity contribution in [3.63, 3.8) is 0 Å². The summed E-state index contributed by atoms with van der Waals surface area (Å²) in [5.41, 5.74) is 6.85. The molecule has 1 saturated carbocycles. The first kappa shape index (κ1) is 21.8. The van der Waals surface area contributed by atoms with Crippen LogP contribution in [0.4, 0.5) is 0 Å². The van der Waals surface area contributed by atoms with Crippen LogP contribution in [0.15, 0.2) is 36.7 Å². The summed E-state index contributed by atoms with van der Waals surface area (Å²) in [6.07, 6.45) is 8.63. The Morgan fingerprint density at radius 2 is 2.04 bits per heavy atom. The maximum atomic E-state index is 9.01. The minimum atomic E-state index is 0. The lowest BCUT2D eigenvalue weighted by Gasteiger charge is -2.30. The Hall–Kier alpha value is -1.27. The van der Waals surface area contributed by atoms with Gasteiger partial charge in [-0.2, -0.15) is 0 Å². The van der Waals surface area contributed by atoms with Gasteiger partial charge in [-0.25, -0.2) is 4.98 Å². The van der Waals surface area contributed by atoms with Gasteiger partial charge in [-0.3, -0.25) is 0 Å². The fourth-order valence-electron chi connectivity index (χ4n) is 3.48. The Morgan fingerprint density at radius 3 is 2.80 bits per heavy atom. The Morgan fingerprint density at radius 1 is 1.24 bits per heavy atom. The van der Waals surface area contributed by atoms with Crippen molar-refractivity contribution in [3.8, 4) is 17.1 Å². The van der Waals surface area contributed by atoms with E-state index in [4.69, 9.17) is 15.6 Å². The third kappa shape index (κ3) is 5.11. The number of benzene rings is 1. The van der Waals surface area contributed by atoms with Gasteiger partial charge >= 0.3 is 0 Å². The first-order chi connectivity index (χ1) is 11.3. The first-order valence-corrected chi connectivity index (χ1v) is 8.39. The zero-order valence-corrected chi connectivity index (χ0v) is 15.8. The molecule has 2 atom stereocenters. The molecule has 3 rings (SSSR count). The molecule has 0 amide bonds. The second-order valence-corrected chi connectivity index (χ2v) is 6.15. The molecule has 1 heterocycles. The molecule has 140 valence electrons. The summed E-state index contributed by atoms with van der Waals surface area (Å²) in [5.74, 6) is 2.30. The summed E-state index contributed by atoms with van der Waals surface area (Å²) in [6.45, 7) is 1.05. The van der Waals surface area contributed by atoms with Crippen LogP contribution in [0, 0.1) is 5.92 Å². The van der Waals surface area contributed by atoms with Crippen LogP contribution >= 0.6 is 24.8 Å². The zero-order valence-electron chi connectivity index (χ0n) is 14.2. The molecule has 0 aliphatic heterocycles. The molecule has 0 unspecified atom stereocenters. The van der Waals surface area contributed by atoms with E-state index in [1.807, 2.05) is 30.5 Å². The molecular formula is C18H27Cl2N3O2. The van der Waals surface area contributed by atoms with E-state index >= 15 is 0 Å². The predicted octanol–water partition coefficient (Wildman–Crippen LogP) is 3.45. The maximum Gasteiger partial charge on any atom is 0.143 e. The maximum absolute atomic E-state index is 9.01. The molecule has 0 radical (unpaired) electrons. The van der Waals surface area contributed by atoms with Crippen molar-refractivity contribution in [2.45, 2.75) is 31.7 Å². The smallest absolute Gasteiger partial charge is 0.143 e. The summed E-state index contributed by atoms with van der Waals surface area (Å²) < 4.78 is 7.94. The van der Waals surface area contributed by atoms with E-state index in [2.05, 4.69) is 15.7 Å². The first-order valence-electron chi connectivity index (χ1n) is 8.39. The van der Waals surface area contributed by atoms with Gasteiger partial charge in [0.2, 0.25) is 0 Å². The summed E-state index contributed by atoms with van der Waals surface area (Å²) in [7, 11) is 0. The summed E-state index contributed by atoms with van der Waals surface area (Å²) in [4.78, 5) is 4.57. The van der Waals surface area contributed by atoms with Crippen molar-refractivity contribution in [1.29, 1.82) is 0 Å². The van der Waals surface area contributed by atoms with Gasteiger partial charge in [-0.1, -0.05) is 18.6 Å². The van der Waals surface area contributed by atoms with E-state index in [1.54, 1.807) is 0 Å². The van der Waals surface area contributed by atoms with Crippen LogP contribution < -0.4 is 10.5 Å². The molecule has 7 heteroatoms. The number of aliphatic hydroxyl groups is 1. The van der Waals surface area contributed by atoms with Crippen LogP contribution in [0.2, 0.25) is 0 Å². The second kappa shape index (κ2) is 10.7. The number of hydrogen-bond acceptors (Lipinski definition) is 4. The van der Waals surface area contributed by atoms with E-state index in [1.165, 1.54) is 19.3 Å². The second-order valence-electron chi connectivity index (χ2n) is 6.15. The number of nitrogens with zero attached hydrogens (tertiary/aromatic N) is 2. The number of halogens is 2. The topological polar surface area (TPSA) is 73.3 Å². The van der Waals surface area contributed by atoms with E-state index < -0.39 is 0 Å². The number of rotatable bonds is 6. The molecule has 0 bridgehead atoms. The van der Waals surface area contributed by atoms with Crippen molar-refractivity contribution in [2.75, 3.05) is 19.8 Å². The van der Waals surface area contributed by atoms with Crippen molar-refractivity contribution in [1.82, 2.24) is 9.55 Å². The zero-order chi connectivity index (χ0) is 16.1. The van der Waals surface area contributed by atoms with Crippen molar-refractivity contribution in [2.24, 2.45) is 11.7 Å². The lowest BCUT2D eigenvalue weighted by atomic mass is 9.85. The van der Waals surface area contributed by atoms with Gasteiger partial charge in [-0.05, 0) is 43.9 Å². The fraction of sp³-hybridized carbons (Fsp3) is 0.500. The minimum Gasteiger partial charge on any atom is -0.490 e. The van der Waals surface area contributed by atoms with Gasteiger partial charge in [0, 0.05) is 18.4 Å². The Balaban J connectivity index is 0.00000156. The molecule has 1 aliphatic carbocycles. The fourth-order valence-corrected chi connectivity index (χ4v) is 3.48. The van der Waals surface area contributed by atoms with Crippen LogP contribution in [-0.4, -0.2) is 34.4 Å². The lowest BCUT2D eigenvalue weighted by molar-refractivity contribution is 0.201. The molecule has 0 saturated heterocycles. The number of ether oxygens (including phenoxy) is 1. The van der Waals surface area contributed by atoms with Crippen molar-refractivity contribution in [3.05, 3.63) is 36.7 Å². The molecule has 1 aliphatic rings. The van der Waals surface area contributed by atoms with Crippen molar-refractivity contribution >= 4 is 24.8 Å². The quantitative estimate of drug-likeness (QED) is 0.795. The highest BCUT2D eigenvalue weighted by molar-refractivity contribution is 5.85. The number of imidazole rings is 1. The summed E-state index contributed by atoms with van der Waals surface area (Å²) in [5, 5.41) is 9.01. The molecule has 0 spiro atoms. The number of para-hydroxylation sites is 1. The molecule has 5 nitrogen and oxygen atoms in total. The molecule has 1 aromatic heterocycles. The molecule has 2 aromatic rings. The van der Waals surface area contributed by atoms with Crippen LogP contribution in [-0.2, 0) is 0 Å². The molecule has 1 fully saturated rings. The van der Waals surface area contributed by atoms with E-state index in [9.17, 15) is 0 Å². The Kier molecular flexibility index (Phi) is 9.28.